The third-order valence-electron chi connectivity index (χ3n) is 5.86. The molecule has 0 radical (unpaired) electrons. The summed E-state index contributed by atoms with van der Waals surface area (Å²) in [6, 6.07) is 4.62. The van der Waals surface area contributed by atoms with E-state index in [1.807, 2.05) is 6.92 Å². The van der Waals surface area contributed by atoms with Crippen molar-refractivity contribution in [3.63, 3.8) is 0 Å². The fourth-order valence-electron chi connectivity index (χ4n) is 4.01. The number of methoxy groups -OCH3 is 1. The monoisotopic (exact) mass is 466 g/mol. The average Bonchev–Trinajstić information content (AvgIpc) is 3.24. The highest BCUT2D eigenvalue weighted by Crippen LogP contribution is 2.32. The normalized spacial score (nSPS) is 15.7. The molecule has 0 atom stereocenters. The van der Waals surface area contributed by atoms with Crippen LogP contribution in [0, 0.1) is 0 Å². The molecule has 0 saturated heterocycles. The van der Waals surface area contributed by atoms with Gasteiger partial charge in [0.1, 0.15) is 5.54 Å². The van der Waals surface area contributed by atoms with Crippen LogP contribution in [0.4, 0.5) is 13.2 Å². The van der Waals surface area contributed by atoms with E-state index in [2.05, 4.69) is 15.7 Å². The maximum Gasteiger partial charge on any atom is 0.416 e. The Morgan fingerprint density at radius 1 is 1.21 bits per heavy atom. The summed E-state index contributed by atoms with van der Waals surface area (Å²) >= 11 is 0. The number of ether oxygens (including phenoxy) is 1. The number of carbonyl (C=O) groups is 2. The Labute approximate surface area is 190 Å². The number of rotatable bonds is 8. The quantitative estimate of drug-likeness (QED) is 0.570. The number of alkyl halides is 3. The molecule has 3 rings (SSSR count). The number of amides is 2. The molecule has 2 amide bonds. The van der Waals surface area contributed by atoms with Crippen LogP contribution in [-0.2, 0) is 11.0 Å². The second kappa shape index (κ2) is 10.3. The van der Waals surface area contributed by atoms with Gasteiger partial charge >= 0.3 is 6.18 Å². The third-order valence-corrected chi connectivity index (χ3v) is 5.86. The lowest BCUT2D eigenvalue weighted by molar-refractivity contribution is -0.137. The topological polar surface area (TPSA) is 85.3 Å². The lowest BCUT2D eigenvalue weighted by Crippen LogP contribution is -2.59. The summed E-state index contributed by atoms with van der Waals surface area (Å²) in [6.07, 6.45) is 2.21. The van der Waals surface area contributed by atoms with Crippen LogP contribution >= 0.6 is 0 Å². The fraction of sp³-hybridized carbons (Fsp3) is 0.522. The predicted molar refractivity (Wildman–Crippen MR) is 116 cm³/mol. The number of nitrogens with zero attached hydrogens (tertiary/aromatic N) is 2. The van der Waals surface area contributed by atoms with E-state index < -0.39 is 23.2 Å². The summed E-state index contributed by atoms with van der Waals surface area (Å²) in [4.78, 5) is 26.2. The number of benzene rings is 1. The molecule has 1 heterocycles. The largest absolute Gasteiger partial charge is 0.493 e. The molecule has 1 aromatic heterocycles. The highest BCUT2D eigenvalue weighted by molar-refractivity contribution is 5.99. The fourth-order valence-corrected chi connectivity index (χ4v) is 4.01. The SMILES string of the molecule is CCCCNC(=O)C1(NC(=O)c2nn(-c3cccc(C(F)(F)F)c3)cc2OC)CCCCC1. The van der Waals surface area contributed by atoms with Crippen molar-refractivity contribution in [3.8, 4) is 11.4 Å². The van der Waals surface area contributed by atoms with Gasteiger partial charge in [0, 0.05) is 6.54 Å². The Balaban J connectivity index is 1.87. The number of nitrogens with one attached hydrogen (secondary N) is 2. The molecule has 0 spiro atoms. The summed E-state index contributed by atoms with van der Waals surface area (Å²) in [6.45, 7) is 2.55. The summed E-state index contributed by atoms with van der Waals surface area (Å²) in [5.41, 5.74) is -1.84. The molecule has 2 N–H and O–H groups in total. The predicted octanol–water partition coefficient (Wildman–Crippen LogP) is 4.25. The van der Waals surface area contributed by atoms with Gasteiger partial charge < -0.3 is 15.4 Å². The maximum atomic E-state index is 13.2. The van der Waals surface area contributed by atoms with Gasteiger partial charge in [-0.15, -0.1) is 0 Å². The van der Waals surface area contributed by atoms with Crippen LogP contribution in [0.3, 0.4) is 0 Å². The molecular formula is C23H29F3N4O3. The van der Waals surface area contributed by atoms with E-state index in [1.54, 1.807) is 0 Å². The van der Waals surface area contributed by atoms with Crippen molar-refractivity contribution in [2.45, 2.75) is 63.6 Å². The van der Waals surface area contributed by atoms with Gasteiger partial charge in [0.15, 0.2) is 11.4 Å². The van der Waals surface area contributed by atoms with Gasteiger partial charge in [-0.05, 0) is 37.5 Å². The summed E-state index contributed by atoms with van der Waals surface area (Å²) < 4.78 is 45.7. The van der Waals surface area contributed by atoms with Crippen molar-refractivity contribution in [2.75, 3.05) is 13.7 Å². The standard InChI is InChI=1S/C23H29F3N4O3/c1-3-4-13-27-21(32)22(11-6-5-7-12-22)28-20(31)19-18(33-2)15-30(29-19)17-10-8-9-16(14-17)23(24,25)26/h8-10,14-15H,3-7,11-13H2,1-2H3,(H,27,32)(H,28,31). The number of hydrogen-bond acceptors (Lipinski definition) is 4. The van der Waals surface area contributed by atoms with E-state index in [0.29, 0.717) is 19.4 Å². The molecule has 1 aromatic carbocycles. The number of aromatic nitrogens is 2. The summed E-state index contributed by atoms with van der Waals surface area (Å²) in [5.74, 6) is -0.729. The number of hydrogen-bond donors (Lipinski definition) is 2. The minimum atomic E-state index is -4.51. The lowest BCUT2D eigenvalue weighted by Gasteiger charge is -2.36. The lowest BCUT2D eigenvalue weighted by atomic mass is 9.80. The maximum absolute atomic E-state index is 13.2. The molecular weight excluding hydrogens is 437 g/mol. The molecule has 7 nitrogen and oxygen atoms in total. The van der Waals surface area contributed by atoms with Gasteiger partial charge in [0.2, 0.25) is 5.91 Å². The van der Waals surface area contributed by atoms with Crippen LogP contribution in [0.2, 0.25) is 0 Å². The Morgan fingerprint density at radius 3 is 2.58 bits per heavy atom. The Hall–Kier alpha value is -3.04. The minimum Gasteiger partial charge on any atom is -0.493 e. The molecule has 0 bridgehead atoms. The zero-order valence-electron chi connectivity index (χ0n) is 18.8. The van der Waals surface area contributed by atoms with Crippen molar-refractivity contribution >= 4 is 11.8 Å². The number of halogens is 3. The van der Waals surface area contributed by atoms with Gasteiger partial charge in [-0.1, -0.05) is 38.7 Å². The second-order valence-corrected chi connectivity index (χ2v) is 8.25. The van der Waals surface area contributed by atoms with Crippen molar-refractivity contribution in [2.24, 2.45) is 0 Å². The van der Waals surface area contributed by atoms with Crippen molar-refractivity contribution in [1.29, 1.82) is 0 Å². The smallest absolute Gasteiger partial charge is 0.416 e. The molecule has 1 saturated carbocycles. The summed E-state index contributed by atoms with van der Waals surface area (Å²) in [7, 11) is 1.35. The minimum absolute atomic E-state index is 0.0961. The number of unbranched alkanes of at least 4 members (excludes halogenated alkanes) is 1. The molecule has 0 unspecified atom stereocenters. The van der Waals surface area contributed by atoms with Gasteiger partial charge in [0.05, 0.1) is 24.6 Å². The molecule has 1 aliphatic carbocycles. The van der Waals surface area contributed by atoms with E-state index in [9.17, 15) is 22.8 Å². The molecule has 1 aliphatic rings. The van der Waals surface area contributed by atoms with E-state index in [0.717, 1.165) is 48.9 Å². The second-order valence-electron chi connectivity index (χ2n) is 8.25. The zero-order valence-corrected chi connectivity index (χ0v) is 18.8. The molecule has 0 aliphatic heterocycles. The highest BCUT2D eigenvalue weighted by Gasteiger charge is 2.41. The molecule has 180 valence electrons. The van der Waals surface area contributed by atoms with Gasteiger partial charge in [0.25, 0.3) is 5.91 Å². The Morgan fingerprint density at radius 2 is 1.94 bits per heavy atom. The van der Waals surface area contributed by atoms with Crippen LogP contribution < -0.4 is 15.4 Å². The first-order valence-corrected chi connectivity index (χ1v) is 11.1. The first-order valence-electron chi connectivity index (χ1n) is 11.1. The van der Waals surface area contributed by atoms with E-state index in [1.165, 1.54) is 25.4 Å². The first kappa shape index (κ1) is 24.6. The third kappa shape index (κ3) is 5.66. The molecule has 10 heteroatoms. The molecule has 2 aromatic rings. The highest BCUT2D eigenvalue weighted by atomic mass is 19.4. The first-order chi connectivity index (χ1) is 15.7. The van der Waals surface area contributed by atoms with E-state index >= 15 is 0 Å². The van der Waals surface area contributed by atoms with Crippen molar-refractivity contribution in [1.82, 2.24) is 20.4 Å². The van der Waals surface area contributed by atoms with E-state index in [-0.39, 0.29) is 23.0 Å². The average molecular weight is 467 g/mol. The van der Waals surface area contributed by atoms with E-state index in [4.69, 9.17) is 4.74 Å². The van der Waals surface area contributed by atoms with Crippen LogP contribution in [-0.4, -0.2) is 40.8 Å². The zero-order chi connectivity index (χ0) is 24.1. The van der Waals surface area contributed by atoms with Crippen LogP contribution in [0.25, 0.3) is 5.69 Å². The number of carbonyl (C=O) groups excluding carboxylic acids is 2. The molecule has 33 heavy (non-hydrogen) atoms. The van der Waals surface area contributed by atoms with Crippen molar-refractivity contribution in [3.05, 3.63) is 41.7 Å². The van der Waals surface area contributed by atoms with Crippen LogP contribution in [0.1, 0.15) is 67.9 Å². The van der Waals surface area contributed by atoms with Gasteiger partial charge in [-0.2, -0.15) is 18.3 Å². The Bertz CT molecular complexity index is 982. The molecule has 1 fully saturated rings. The van der Waals surface area contributed by atoms with Crippen LogP contribution in [0.15, 0.2) is 30.5 Å². The van der Waals surface area contributed by atoms with Crippen molar-refractivity contribution < 1.29 is 27.5 Å². The van der Waals surface area contributed by atoms with Gasteiger partial charge in [-0.3, -0.25) is 9.59 Å². The van der Waals surface area contributed by atoms with Gasteiger partial charge in [-0.25, -0.2) is 4.68 Å². The Kier molecular flexibility index (Phi) is 7.65. The summed E-state index contributed by atoms with van der Waals surface area (Å²) in [5, 5.41) is 9.96. The van der Waals surface area contributed by atoms with Crippen LogP contribution in [0.5, 0.6) is 5.75 Å².